The van der Waals surface area contributed by atoms with Crippen molar-refractivity contribution in [2.45, 2.75) is 16.7 Å². The Labute approximate surface area is 236 Å². The van der Waals surface area contributed by atoms with E-state index in [1.54, 1.807) is 66.7 Å². The first kappa shape index (κ1) is 27.2. The number of fused-ring (bicyclic) bond motifs is 2. The molecule has 202 valence electrons. The van der Waals surface area contributed by atoms with Gasteiger partial charge in [-0.2, -0.15) is 0 Å². The van der Waals surface area contributed by atoms with Crippen LogP contribution in [0.1, 0.15) is 5.56 Å². The average molecular weight is 573 g/mol. The van der Waals surface area contributed by atoms with Crippen molar-refractivity contribution in [1.29, 1.82) is 0 Å². The molecule has 5 aromatic rings. The van der Waals surface area contributed by atoms with Crippen molar-refractivity contribution in [3.63, 3.8) is 0 Å². The highest BCUT2D eigenvalue weighted by Crippen LogP contribution is 2.26. The molecule has 6 N–H and O–H groups in total. The predicted octanol–water partition coefficient (Wildman–Crippen LogP) is 7.74. The van der Waals surface area contributed by atoms with Crippen LogP contribution in [0.4, 0.5) is 32.3 Å². The maximum Gasteiger partial charge on any atom is 0.323 e. The quantitative estimate of drug-likeness (QED) is 0.0909. The number of benzene rings is 5. The van der Waals surface area contributed by atoms with Gasteiger partial charge in [-0.1, -0.05) is 30.3 Å². The molecule has 0 aromatic heterocycles. The highest BCUT2D eigenvalue weighted by molar-refractivity contribution is 7.93. The highest BCUT2D eigenvalue weighted by atomic mass is 32.2. The van der Waals surface area contributed by atoms with Crippen LogP contribution in [0.25, 0.3) is 21.5 Å². The number of hydrogen-bond acceptors (Lipinski definition) is 5. The van der Waals surface area contributed by atoms with Crippen molar-refractivity contribution in [2.24, 2.45) is 0 Å². The van der Waals surface area contributed by atoms with Gasteiger partial charge in [0.15, 0.2) is 11.1 Å². The Morgan fingerprint density at radius 2 is 1.15 bits per heavy atom. The van der Waals surface area contributed by atoms with Crippen LogP contribution in [-0.2, 0) is 11.1 Å². The van der Waals surface area contributed by atoms with Crippen LogP contribution in [0.3, 0.4) is 0 Å². The van der Waals surface area contributed by atoms with Crippen molar-refractivity contribution < 1.29 is 22.9 Å². The lowest BCUT2D eigenvalue weighted by molar-refractivity contribution is 0.261. The minimum atomic E-state index is -2.06. The fourth-order valence-corrected chi connectivity index (χ4v) is 4.90. The summed E-state index contributed by atoms with van der Waals surface area (Å²) in [5.74, 6) is 0. The van der Waals surface area contributed by atoms with Crippen LogP contribution in [0.2, 0.25) is 0 Å². The number of carbonyl (C=O) groups excluding carboxylic acids is 2. The van der Waals surface area contributed by atoms with E-state index < -0.39 is 23.1 Å². The summed E-state index contributed by atoms with van der Waals surface area (Å²) < 4.78 is 29.8. The first-order chi connectivity index (χ1) is 19.3. The first-order valence-electron chi connectivity index (χ1n) is 12.0. The molecule has 11 heteroatoms. The molecule has 4 amide bonds. The molecule has 5 rings (SSSR count). The summed E-state index contributed by atoms with van der Waals surface area (Å²) in [6.07, 6.45) is 0. The third-order valence-electron chi connectivity index (χ3n) is 6.19. The molecular formula is C29H24N4O5S2. The number of urea groups is 2. The third kappa shape index (κ3) is 6.41. The molecular weight excluding hydrogens is 548 g/mol. The maximum atomic E-state index is 12.7. The lowest BCUT2D eigenvalue weighted by Gasteiger charge is -2.13. The molecule has 0 aliphatic rings. The van der Waals surface area contributed by atoms with Gasteiger partial charge >= 0.3 is 12.1 Å². The maximum absolute atomic E-state index is 12.7. The average Bonchev–Trinajstić information content (AvgIpc) is 2.94. The molecule has 40 heavy (non-hydrogen) atoms. The van der Waals surface area contributed by atoms with Gasteiger partial charge in [-0.3, -0.25) is 0 Å². The Hall–Kier alpha value is -4.42. The van der Waals surface area contributed by atoms with Crippen LogP contribution in [0.15, 0.2) is 101 Å². The largest absolute Gasteiger partial charge is 0.325 e. The van der Waals surface area contributed by atoms with Crippen molar-refractivity contribution in [2.75, 3.05) is 21.3 Å². The zero-order valence-corrected chi connectivity index (χ0v) is 22.7. The second kappa shape index (κ2) is 11.8. The molecule has 0 saturated carbocycles. The molecule has 0 bridgehead atoms. The molecule has 1 atom stereocenters. The molecule has 0 aliphatic heterocycles. The van der Waals surface area contributed by atoms with Gasteiger partial charge in [0.2, 0.25) is 0 Å². The van der Waals surface area contributed by atoms with Gasteiger partial charge in [0.25, 0.3) is 0 Å². The van der Waals surface area contributed by atoms with E-state index in [0.717, 1.165) is 32.0 Å². The zero-order valence-electron chi connectivity index (χ0n) is 21.1. The van der Waals surface area contributed by atoms with E-state index in [9.17, 15) is 22.9 Å². The van der Waals surface area contributed by atoms with Gasteiger partial charge in [0, 0.05) is 39.7 Å². The lowest BCUT2D eigenvalue weighted by atomic mass is 10.1. The number of hydrogen-bond donors (Lipinski definition) is 6. The van der Waals surface area contributed by atoms with Crippen LogP contribution >= 0.6 is 12.0 Å². The molecule has 9 nitrogen and oxygen atoms in total. The fraction of sp³-hybridized carbons (Fsp3) is 0.0345. The Kier molecular flexibility index (Phi) is 7.99. The van der Waals surface area contributed by atoms with Crippen molar-refractivity contribution in [3.05, 3.63) is 96.6 Å². The van der Waals surface area contributed by atoms with E-state index in [0.29, 0.717) is 39.7 Å². The molecule has 0 aliphatic carbocycles. The van der Waals surface area contributed by atoms with Gasteiger partial charge in [0.1, 0.15) is 0 Å². The van der Waals surface area contributed by atoms with Gasteiger partial charge in [-0.15, -0.1) is 0 Å². The van der Waals surface area contributed by atoms with E-state index in [1.165, 1.54) is 0 Å². The molecule has 0 radical (unpaired) electrons. The lowest BCUT2D eigenvalue weighted by Crippen LogP contribution is -2.21. The molecule has 5 aromatic carbocycles. The van der Waals surface area contributed by atoms with Gasteiger partial charge < -0.3 is 30.4 Å². The summed E-state index contributed by atoms with van der Waals surface area (Å²) in [7, 11) is 0. The normalized spacial score (nSPS) is 11.7. The number of aryl methyl sites for hydroxylation is 1. The summed E-state index contributed by atoms with van der Waals surface area (Å²) in [4.78, 5) is 26.4. The summed E-state index contributed by atoms with van der Waals surface area (Å²) in [5, 5.41) is 14.6. The molecule has 0 heterocycles. The second-order valence-corrected chi connectivity index (χ2v) is 10.6. The van der Waals surface area contributed by atoms with E-state index in [4.69, 9.17) is 0 Å². The third-order valence-corrected chi connectivity index (χ3v) is 7.31. The summed E-state index contributed by atoms with van der Waals surface area (Å²) in [5.41, 5.74) is 2.98. The SMILES string of the molecule is Cc1ccc(NC(=O)Nc2ccc3cc(SO)ccc3c2)cc1NC(=O)Nc1ccc2cc(S(=O)O)ccc2c1. The first-order valence-corrected chi connectivity index (χ1v) is 13.9. The smallest absolute Gasteiger partial charge is 0.323 e. The predicted molar refractivity (Wildman–Crippen MR) is 162 cm³/mol. The standard InChI is InChI=1S/C29H24N4O5S2/c1-17-2-7-24(32-28(34)30-22-8-3-20-14-25(39-36)10-5-18(20)12-22)16-27(17)33-29(35)31-23-9-4-21-15-26(40(37)38)11-6-19(21)13-23/h2-16,36H,1H3,(H,37,38)(H2,30,32,34)(H2,31,33,35). The van der Waals surface area contributed by atoms with Crippen LogP contribution in [0.5, 0.6) is 0 Å². The van der Waals surface area contributed by atoms with E-state index in [-0.39, 0.29) is 0 Å². The van der Waals surface area contributed by atoms with Crippen molar-refractivity contribution in [3.8, 4) is 0 Å². The van der Waals surface area contributed by atoms with E-state index in [2.05, 4.69) is 21.3 Å². The second-order valence-electron chi connectivity index (χ2n) is 8.98. The minimum Gasteiger partial charge on any atom is -0.325 e. The zero-order chi connectivity index (χ0) is 28.2. The Morgan fingerprint density at radius 1 is 0.650 bits per heavy atom. The number of carbonyl (C=O) groups is 2. The van der Waals surface area contributed by atoms with Gasteiger partial charge in [-0.05, 0) is 94.7 Å². The van der Waals surface area contributed by atoms with Gasteiger partial charge in [-0.25, -0.2) is 13.8 Å². The number of nitrogens with one attached hydrogen (secondary N) is 4. The van der Waals surface area contributed by atoms with E-state index >= 15 is 0 Å². The van der Waals surface area contributed by atoms with Crippen LogP contribution < -0.4 is 21.3 Å². The highest BCUT2D eigenvalue weighted by Gasteiger charge is 2.10. The molecule has 0 fully saturated rings. The van der Waals surface area contributed by atoms with Gasteiger partial charge in [0.05, 0.1) is 4.90 Å². The number of amides is 4. The Balaban J connectivity index is 1.23. The monoisotopic (exact) mass is 572 g/mol. The van der Waals surface area contributed by atoms with Crippen molar-refractivity contribution >= 4 is 79.5 Å². The summed E-state index contributed by atoms with van der Waals surface area (Å²) in [6, 6.07) is 25.4. The fourth-order valence-electron chi connectivity index (χ4n) is 4.18. The van der Waals surface area contributed by atoms with Crippen molar-refractivity contribution in [1.82, 2.24) is 0 Å². The summed E-state index contributed by atoms with van der Waals surface area (Å²) >= 11 is -1.38. The molecule has 0 spiro atoms. The van der Waals surface area contributed by atoms with Crippen LogP contribution in [-0.4, -0.2) is 25.4 Å². The number of rotatable bonds is 6. The van der Waals surface area contributed by atoms with E-state index in [1.807, 2.05) is 31.2 Å². The topological polar surface area (TPSA) is 140 Å². The molecule has 1 unspecified atom stereocenters. The van der Waals surface area contributed by atoms with Crippen LogP contribution in [0, 0.1) is 6.92 Å². The Bertz CT molecular complexity index is 1790. The number of anilines is 4. The summed E-state index contributed by atoms with van der Waals surface area (Å²) in [6.45, 7) is 1.84. The molecule has 0 saturated heterocycles. The Morgan fingerprint density at radius 3 is 1.77 bits per heavy atom. The minimum absolute atomic E-state index is 0.303.